The van der Waals surface area contributed by atoms with E-state index >= 15 is 0 Å². The molecule has 1 aliphatic heterocycles. The SMILES string of the molecule is NC(=O)c1cccc(NCC2(CN3CCCC3)CC2)n1. The van der Waals surface area contributed by atoms with Crippen LogP contribution in [0.1, 0.15) is 36.2 Å². The van der Waals surface area contributed by atoms with Crippen LogP contribution in [0.2, 0.25) is 0 Å². The van der Waals surface area contributed by atoms with Crippen molar-refractivity contribution in [2.75, 3.05) is 31.5 Å². The summed E-state index contributed by atoms with van der Waals surface area (Å²) in [5.74, 6) is 0.265. The Kier molecular flexibility index (Phi) is 3.61. The molecule has 0 bridgehead atoms. The van der Waals surface area contributed by atoms with E-state index in [0.29, 0.717) is 11.1 Å². The zero-order valence-corrected chi connectivity index (χ0v) is 11.8. The van der Waals surface area contributed by atoms with E-state index < -0.39 is 5.91 Å². The van der Waals surface area contributed by atoms with Gasteiger partial charge in [-0.25, -0.2) is 4.98 Å². The Morgan fingerprint density at radius 1 is 1.35 bits per heavy atom. The predicted molar refractivity (Wildman–Crippen MR) is 78.6 cm³/mol. The van der Waals surface area contributed by atoms with Crippen molar-refractivity contribution in [2.45, 2.75) is 25.7 Å². The second-order valence-corrected chi connectivity index (χ2v) is 6.11. The quantitative estimate of drug-likeness (QED) is 0.824. The van der Waals surface area contributed by atoms with Gasteiger partial charge in [-0.1, -0.05) is 6.07 Å². The topological polar surface area (TPSA) is 71.2 Å². The van der Waals surface area contributed by atoms with Crippen LogP contribution in [-0.2, 0) is 0 Å². The van der Waals surface area contributed by atoms with E-state index in [-0.39, 0.29) is 0 Å². The van der Waals surface area contributed by atoms with Crippen LogP contribution in [0.4, 0.5) is 5.82 Å². The zero-order valence-electron chi connectivity index (χ0n) is 11.8. The summed E-state index contributed by atoms with van der Waals surface area (Å²) < 4.78 is 0. The van der Waals surface area contributed by atoms with E-state index in [4.69, 9.17) is 5.73 Å². The van der Waals surface area contributed by atoms with Crippen molar-refractivity contribution in [3.63, 3.8) is 0 Å². The third-order valence-electron chi connectivity index (χ3n) is 4.36. The highest BCUT2D eigenvalue weighted by Gasteiger charge is 2.43. The van der Waals surface area contributed by atoms with Crippen LogP contribution in [0.5, 0.6) is 0 Å². The number of hydrogen-bond acceptors (Lipinski definition) is 4. The van der Waals surface area contributed by atoms with Gasteiger partial charge in [-0.2, -0.15) is 0 Å². The lowest BCUT2D eigenvalue weighted by atomic mass is 10.1. The molecule has 0 aromatic carbocycles. The number of anilines is 1. The molecule has 1 saturated carbocycles. The third-order valence-corrected chi connectivity index (χ3v) is 4.36. The molecule has 0 radical (unpaired) electrons. The number of pyridine rings is 1. The fraction of sp³-hybridized carbons (Fsp3) is 0.600. The van der Waals surface area contributed by atoms with Gasteiger partial charge in [-0.3, -0.25) is 4.79 Å². The summed E-state index contributed by atoms with van der Waals surface area (Å²) in [7, 11) is 0. The fourth-order valence-electron chi connectivity index (χ4n) is 2.93. The Labute approximate surface area is 119 Å². The van der Waals surface area contributed by atoms with Gasteiger partial charge in [0, 0.05) is 18.5 Å². The highest BCUT2D eigenvalue weighted by molar-refractivity contribution is 5.91. The van der Waals surface area contributed by atoms with Crippen LogP contribution in [0.25, 0.3) is 0 Å². The van der Waals surface area contributed by atoms with Crippen LogP contribution >= 0.6 is 0 Å². The lowest BCUT2D eigenvalue weighted by Gasteiger charge is -2.23. The number of nitrogens with two attached hydrogens (primary N) is 1. The minimum Gasteiger partial charge on any atom is -0.369 e. The normalized spacial score (nSPS) is 20.8. The van der Waals surface area contributed by atoms with Crippen LogP contribution in [-0.4, -0.2) is 42.0 Å². The summed E-state index contributed by atoms with van der Waals surface area (Å²) >= 11 is 0. The van der Waals surface area contributed by atoms with E-state index in [1.807, 2.05) is 12.1 Å². The van der Waals surface area contributed by atoms with Crippen molar-refractivity contribution >= 4 is 11.7 Å². The Bertz CT molecular complexity index is 492. The Balaban J connectivity index is 1.56. The van der Waals surface area contributed by atoms with Gasteiger partial charge in [0.1, 0.15) is 11.5 Å². The highest BCUT2D eigenvalue weighted by Crippen LogP contribution is 2.46. The average molecular weight is 274 g/mol. The Hall–Kier alpha value is -1.62. The molecule has 5 nitrogen and oxygen atoms in total. The molecular formula is C15H22N4O. The molecule has 3 rings (SSSR count). The zero-order chi connectivity index (χ0) is 14.0. The molecule has 5 heteroatoms. The van der Waals surface area contributed by atoms with E-state index in [0.717, 1.165) is 12.4 Å². The van der Waals surface area contributed by atoms with Crippen molar-refractivity contribution in [3.05, 3.63) is 23.9 Å². The van der Waals surface area contributed by atoms with Crippen molar-refractivity contribution in [1.82, 2.24) is 9.88 Å². The van der Waals surface area contributed by atoms with E-state index in [9.17, 15) is 4.79 Å². The molecule has 1 aromatic heterocycles. The lowest BCUT2D eigenvalue weighted by Crippen LogP contribution is -2.32. The monoisotopic (exact) mass is 274 g/mol. The molecule has 108 valence electrons. The number of nitrogens with zero attached hydrogens (tertiary/aromatic N) is 2. The number of likely N-dealkylation sites (tertiary alicyclic amines) is 1. The standard InChI is InChI=1S/C15H22N4O/c16-14(20)12-4-3-5-13(18-12)17-10-15(6-7-15)11-19-8-1-2-9-19/h3-5H,1-2,6-11H2,(H2,16,20)(H,17,18). The number of primary amides is 1. The van der Waals surface area contributed by atoms with Gasteiger partial charge in [-0.05, 0) is 50.9 Å². The number of aromatic nitrogens is 1. The third kappa shape index (κ3) is 3.10. The summed E-state index contributed by atoms with van der Waals surface area (Å²) in [6.07, 6.45) is 5.25. The maximum atomic E-state index is 11.1. The van der Waals surface area contributed by atoms with Gasteiger partial charge in [-0.15, -0.1) is 0 Å². The molecule has 2 fully saturated rings. The highest BCUT2D eigenvalue weighted by atomic mass is 16.1. The van der Waals surface area contributed by atoms with Crippen LogP contribution in [0.15, 0.2) is 18.2 Å². The predicted octanol–water partition coefficient (Wildman–Crippen LogP) is 1.47. The molecule has 0 unspecified atom stereocenters. The smallest absolute Gasteiger partial charge is 0.267 e. The van der Waals surface area contributed by atoms with Crippen LogP contribution < -0.4 is 11.1 Å². The molecule has 0 spiro atoms. The van der Waals surface area contributed by atoms with Gasteiger partial charge in [0.25, 0.3) is 5.91 Å². The van der Waals surface area contributed by atoms with Gasteiger partial charge >= 0.3 is 0 Å². The number of hydrogen-bond donors (Lipinski definition) is 2. The van der Waals surface area contributed by atoms with Gasteiger partial charge in [0.2, 0.25) is 0 Å². The van der Waals surface area contributed by atoms with Crippen molar-refractivity contribution in [3.8, 4) is 0 Å². The maximum absolute atomic E-state index is 11.1. The van der Waals surface area contributed by atoms with Crippen LogP contribution in [0.3, 0.4) is 0 Å². The molecule has 1 aromatic rings. The second-order valence-electron chi connectivity index (χ2n) is 6.11. The fourth-order valence-corrected chi connectivity index (χ4v) is 2.93. The first-order chi connectivity index (χ1) is 9.67. The molecule has 3 N–H and O–H groups in total. The van der Waals surface area contributed by atoms with Crippen LogP contribution in [0, 0.1) is 5.41 Å². The molecule has 20 heavy (non-hydrogen) atoms. The van der Waals surface area contributed by atoms with Crippen molar-refractivity contribution in [1.29, 1.82) is 0 Å². The molecular weight excluding hydrogens is 252 g/mol. The summed E-state index contributed by atoms with van der Waals surface area (Å²) in [5.41, 5.74) is 5.98. The number of carbonyl (C=O) groups is 1. The van der Waals surface area contributed by atoms with E-state index in [1.165, 1.54) is 45.3 Å². The van der Waals surface area contributed by atoms with Crippen molar-refractivity contribution < 1.29 is 4.79 Å². The second kappa shape index (κ2) is 5.40. The largest absolute Gasteiger partial charge is 0.369 e. The first-order valence-corrected chi connectivity index (χ1v) is 7.40. The minimum absolute atomic E-state index is 0.319. The number of nitrogens with one attached hydrogen (secondary N) is 1. The van der Waals surface area contributed by atoms with Gasteiger partial charge in [0.05, 0.1) is 0 Å². The number of carbonyl (C=O) groups excluding carboxylic acids is 1. The molecule has 0 atom stereocenters. The number of rotatable bonds is 6. The summed E-state index contributed by atoms with van der Waals surface area (Å²) in [6, 6.07) is 5.35. The first kappa shape index (κ1) is 13.4. The Morgan fingerprint density at radius 3 is 2.75 bits per heavy atom. The Morgan fingerprint density at radius 2 is 2.10 bits per heavy atom. The lowest BCUT2D eigenvalue weighted by molar-refractivity contribution is 0.0995. The summed E-state index contributed by atoms with van der Waals surface area (Å²) in [4.78, 5) is 17.9. The number of amides is 1. The maximum Gasteiger partial charge on any atom is 0.267 e. The van der Waals surface area contributed by atoms with E-state index in [1.54, 1.807) is 6.07 Å². The molecule has 1 saturated heterocycles. The molecule has 2 aliphatic rings. The first-order valence-electron chi connectivity index (χ1n) is 7.40. The summed E-state index contributed by atoms with van der Waals surface area (Å²) in [5, 5.41) is 3.37. The molecule has 1 amide bonds. The molecule has 1 aliphatic carbocycles. The summed E-state index contributed by atoms with van der Waals surface area (Å²) in [6.45, 7) is 4.61. The van der Waals surface area contributed by atoms with E-state index in [2.05, 4.69) is 15.2 Å². The van der Waals surface area contributed by atoms with Gasteiger partial charge < -0.3 is 16.0 Å². The molecule has 2 heterocycles. The minimum atomic E-state index is -0.480. The average Bonchev–Trinajstić information content (AvgIpc) is 3.01. The van der Waals surface area contributed by atoms with Gasteiger partial charge in [0.15, 0.2) is 0 Å². The van der Waals surface area contributed by atoms with Crippen molar-refractivity contribution in [2.24, 2.45) is 11.1 Å².